The van der Waals surface area contributed by atoms with Crippen LogP contribution in [0.15, 0.2) is 24.3 Å². The van der Waals surface area contributed by atoms with E-state index in [0.717, 1.165) is 22.9 Å². The standard InChI is InChI=1S/C20H25N5O4/c1-3-27-20(26)25-8-6-24(7-9-25)18-12-14(2)21-19(23-18)22-15-4-5-16-17(13-15)29-11-10-28-16/h4-5,12-13H,3,6-11H2,1-2H3,(H,21,22,23). The second-order valence-corrected chi connectivity index (χ2v) is 6.85. The number of hydrogen-bond donors (Lipinski definition) is 1. The lowest BCUT2D eigenvalue weighted by Gasteiger charge is -2.34. The third-order valence-electron chi connectivity index (χ3n) is 4.77. The van der Waals surface area contributed by atoms with Crippen LogP contribution in [0.1, 0.15) is 12.6 Å². The summed E-state index contributed by atoms with van der Waals surface area (Å²) in [6, 6.07) is 7.63. The molecule has 2 aromatic rings. The molecule has 9 heteroatoms. The first-order valence-corrected chi connectivity index (χ1v) is 9.81. The second kappa shape index (κ2) is 8.42. The predicted octanol–water partition coefficient (Wildman–Crippen LogP) is 2.58. The summed E-state index contributed by atoms with van der Waals surface area (Å²) in [6.07, 6.45) is -0.257. The van der Waals surface area contributed by atoms with Crippen molar-refractivity contribution in [2.75, 3.05) is 56.2 Å². The lowest BCUT2D eigenvalue weighted by Crippen LogP contribution is -2.49. The quantitative estimate of drug-likeness (QED) is 0.839. The summed E-state index contributed by atoms with van der Waals surface area (Å²) >= 11 is 0. The number of hydrogen-bond acceptors (Lipinski definition) is 8. The highest BCUT2D eigenvalue weighted by atomic mass is 16.6. The predicted molar refractivity (Wildman–Crippen MR) is 108 cm³/mol. The number of carbonyl (C=O) groups is 1. The zero-order valence-corrected chi connectivity index (χ0v) is 16.7. The van der Waals surface area contributed by atoms with Crippen molar-refractivity contribution in [3.05, 3.63) is 30.0 Å². The van der Waals surface area contributed by atoms with E-state index in [4.69, 9.17) is 14.2 Å². The lowest BCUT2D eigenvalue weighted by molar-refractivity contribution is 0.105. The molecule has 0 bridgehead atoms. The molecule has 29 heavy (non-hydrogen) atoms. The van der Waals surface area contributed by atoms with Crippen molar-refractivity contribution in [1.29, 1.82) is 0 Å². The molecule has 0 spiro atoms. The molecule has 1 aromatic carbocycles. The van der Waals surface area contributed by atoms with E-state index in [1.165, 1.54) is 0 Å². The zero-order chi connectivity index (χ0) is 20.2. The topological polar surface area (TPSA) is 89.1 Å². The molecule has 1 aromatic heterocycles. The molecule has 0 unspecified atom stereocenters. The Morgan fingerprint density at radius 3 is 2.62 bits per heavy atom. The van der Waals surface area contributed by atoms with Crippen molar-refractivity contribution in [2.45, 2.75) is 13.8 Å². The second-order valence-electron chi connectivity index (χ2n) is 6.85. The van der Waals surface area contributed by atoms with Crippen molar-refractivity contribution in [3.63, 3.8) is 0 Å². The van der Waals surface area contributed by atoms with Crippen LogP contribution < -0.4 is 19.7 Å². The van der Waals surface area contributed by atoms with Gasteiger partial charge in [-0.25, -0.2) is 9.78 Å². The molecule has 2 aliphatic heterocycles. The minimum atomic E-state index is -0.257. The fourth-order valence-electron chi connectivity index (χ4n) is 3.35. The van der Waals surface area contributed by atoms with E-state index in [1.807, 2.05) is 38.1 Å². The van der Waals surface area contributed by atoms with Crippen LogP contribution >= 0.6 is 0 Å². The van der Waals surface area contributed by atoms with E-state index < -0.39 is 0 Å². The highest BCUT2D eigenvalue weighted by Gasteiger charge is 2.23. The SMILES string of the molecule is CCOC(=O)N1CCN(c2cc(C)nc(Nc3ccc4c(c3)OCCO4)n2)CC1. The Kier molecular flexibility index (Phi) is 5.55. The van der Waals surface area contributed by atoms with Gasteiger partial charge in [0, 0.05) is 49.7 Å². The molecule has 1 N–H and O–H groups in total. The Hall–Kier alpha value is -3.23. The van der Waals surface area contributed by atoms with Gasteiger partial charge in [-0.3, -0.25) is 0 Å². The van der Waals surface area contributed by atoms with Gasteiger partial charge in [-0.15, -0.1) is 0 Å². The molecule has 0 aliphatic carbocycles. The summed E-state index contributed by atoms with van der Waals surface area (Å²) in [7, 11) is 0. The van der Waals surface area contributed by atoms with E-state index in [1.54, 1.807) is 4.90 Å². The molecule has 0 saturated carbocycles. The van der Waals surface area contributed by atoms with Crippen LogP contribution in [0.4, 0.5) is 22.2 Å². The molecular weight excluding hydrogens is 374 g/mol. The number of nitrogens with one attached hydrogen (secondary N) is 1. The van der Waals surface area contributed by atoms with E-state index >= 15 is 0 Å². The Balaban J connectivity index is 1.45. The highest BCUT2D eigenvalue weighted by Crippen LogP contribution is 2.33. The van der Waals surface area contributed by atoms with Crippen molar-refractivity contribution in [1.82, 2.24) is 14.9 Å². The number of anilines is 3. The summed E-state index contributed by atoms with van der Waals surface area (Å²) in [5.74, 6) is 2.81. The number of benzene rings is 1. The summed E-state index contributed by atoms with van der Waals surface area (Å²) in [5, 5.41) is 3.25. The fourth-order valence-corrected chi connectivity index (χ4v) is 3.35. The molecule has 2 aliphatic rings. The number of nitrogens with zero attached hydrogens (tertiary/aromatic N) is 4. The normalized spacial score (nSPS) is 15.8. The number of fused-ring (bicyclic) bond motifs is 1. The molecule has 0 atom stereocenters. The van der Waals surface area contributed by atoms with E-state index in [9.17, 15) is 4.79 Å². The monoisotopic (exact) mass is 399 g/mol. The Morgan fingerprint density at radius 2 is 1.86 bits per heavy atom. The number of rotatable bonds is 4. The van der Waals surface area contributed by atoms with Gasteiger partial charge in [0.1, 0.15) is 19.0 Å². The smallest absolute Gasteiger partial charge is 0.409 e. The van der Waals surface area contributed by atoms with Crippen LogP contribution in [-0.4, -0.2) is 67.0 Å². The van der Waals surface area contributed by atoms with Gasteiger partial charge in [-0.1, -0.05) is 0 Å². The molecule has 1 saturated heterocycles. The summed E-state index contributed by atoms with van der Waals surface area (Å²) < 4.78 is 16.3. The average molecular weight is 399 g/mol. The van der Waals surface area contributed by atoms with Gasteiger partial charge < -0.3 is 29.3 Å². The molecule has 0 radical (unpaired) electrons. The van der Waals surface area contributed by atoms with Crippen LogP contribution in [0.2, 0.25) is 0 Å². The molecule has 1 fully saturated rings. The van der Waals surface area contributed by atoms with Gasteiger partial charge >= 0.3 is 6.09 Å². The number of ether oxygens (including phenoxy) is 3. The molecule has 4 rings (SSSR count). The maximum absolute atomic E-state index is 11.9. The highest BCUT2D eigenvalue weighted by molar-refractivity contribution is 5.68. The maximum atomic E-state index is 11.9. The van der Waals surface area contributed by atoms with E-state index in [-0.39, 0.29) is 6.09 Å². The first-order valence-electron chi connectivity index (χ1n) is 9.81. The summed E-state index contributed by atoms with van der Waals surface area (Å²) in [5.41, 5.74) is 1.70. The van der Waals surface area contributed by atoms with Crippen molar-refractivity contribution < 1.29 is 19.0 Å². The van der Waals surface area contributed by atoms with Gasteiger partial charge in [-0.05, 0) is 26.0 Å². The van der Waals surface area contributed by atoms with Gasteiger partial charge in [0.05, 0.1) is 6.61 Å². The van der Waals surface area contributed by atoms with Crippen molar-refractivity contribution >= 4 is 23.5 Å². The zero-order valence-electron chi connectivity index (χ0n) is 16.7. The Morgan fingerprint density at radius 1 is 1.10 bits per heavy atom. The van der Waals surface area contributed by atoms with Gasteiger partial charge in [0.2, 0.25) is 5.95 Å². The van der Waals surface area contributed by atoms with Crippen LogP contribution in [0, 0.1) is 6.92 Å². The Bertz CT molecular complexity index is 883. The van der Waals surface area contributed by atoms with Gasteiger partial charge in [-0.2, -0.15) is 4.98 Å². The van der Waals surface area contributed by atoms with Crippen LogP contribution in [0.5, 0.6) is 11.5 Å². The van der Waals surface area contributed by atoms with E-state index in [2.05, 4.69) is 20.2 Å². The van der Waals surface area contributed by atoms with Crippen molar-refractivity contribution in [2.24, 2.45) is 0 Å². The number of aryl methyl sites for hydroxylation is 1. The van der Waals surface area contributed by atoms with Crippen LogP contribution in [0.3, 0.4) is 0 Å². The minimum absolute atomic E-state index is 0.257. The van der Waals surface area contributed by atoms with Gasteiger partial charge in [0.25, 0.3) is 0 Å². The molecule has 3 heterocycles. The number of aromatic nitrogens is 2. The number of carbonyl (C=O) groups excluding carboxylic acids is 1. The molecule has 1 amide bonds. The molecule has 154 valence electrons. The minimum Gasteiger partial charge on any atom is -0.486 e. The lowest BCUT2D eigenvalue weighted by atomic mass is 10.2. The Labute approximate surface area is 169 Å². The number of amides is 1. The molecular formula is C20H25N5O4. The largest absolute Gasteiger partial charge is 0.486 e. The average Bonchev–Trinajstić information content (AvgIpc) is 2.73. The number of piperazine rings is 1. The third-order valence-corrected chi connectivity index (χ3v) is 4.77. The van der Waals surface area contributed by atoms with Crippen LogP contribution in [-0.2, 0) is 4.74 Å². The summed E-state index contributed by atoms with van der Waals surface area (Å²) in [4.78, 5) is 24.9. The first kappa shape index (κ1) is 19.1. The summed E-state index contributed by atoms with van der Waals surface area (Å²) in [6.45, 7) is 7.84. The molecule has 9 nitrogen and oxygen atoms in total. The fraction of sp³-hybridized carbons (Fsp3) is 0.450. The van der Waals surface area contributed by atoms with Crippen LogP contribution in [0.25, 0.3) is 0 Å². The van der Waals surface area contributed by atoms with Gasteiger partial charge in [0.15, 0.2) is 11.5 Å². The first-order chi connectivity index (χ1) is 14.1. The third kappa shape index (κ3) is 4.44. The maximum Gasteiger partial charge on any atom is 0.409 e. The van der Waals surface area contributed by atoms with E-state index in [0.29, 0.717) is 57.7 Å². The van der Waals surface area contributed by atoms with Crippen molar-refractivity contribution in [3.8, 4) is 11.5 Å².